The number of carbonyl (C=O) groups is 2. The predicted molar refractivity (Wildman–Crippen MR) is 98.0 cm³/mol. The van der Waals surface area contributed by atoms with Crippen LogP contribution < -0.4 is 4.74 Å². The molecule has 0 spiro atoms. The van der Waals surface area contributed by atoms with Gasteiger partial charge in [-0.3, -0.25) is 4.21 Å². The van der Waals surface area contributed by atoms with Crippen molar-refractivity contribution < 1.29 is 28.4 Å². The molecule has 0 aliphatic rings. The fourth-order valence-corrected chi connectivity index (χ4v) is 3.37. The molecule has 0 heterocycles. The minimum atomic E-state index is -1.03. The van der Waals surface area contributed by atoms with Crippen LogP contribution in [0.25, 0.3) is 0 Å². The molecular formula is C19H20O6S. The summed E-state index contributed by atoms with van der Waals surface area (Å²) in [5.74, 6) is 0.109. The highest BCUT2D eigenvalue weighted by Crippen LogP contribution is 2.13. The third-order valence-electron chi connectivity index (χ3n) is 3.59. The third-order valence-corrected chi connectivity index (χ3v) is 4.99. The Morgan fingerprint density at radius 1 is 1.00 bits per heavy atom. The topological polar surface area (TPSA) is 89.9 Å². The summed E-state index contributed by atoms with van der Waals surface area (Å²) < 4.78 is 22.3. The third kappa shape index (κ3) is 6.00. The number of ether oxygens (including phenoxy) is 2. The summed E-state index contributed by atoms with van der Waals surface area (Å²) >= 11 is 0. The molecule has 0 aromatic heterocycles. The van der Waals surface area contributed by atoms with Gasteiger partial charge >= 0.3 is 11.9 Å². The fraction of sp³-hybridized carbons (Fsp3) is 0.263. The number of hydrogen-bond acceptors (Lipinski definition) is 5. The summed E-state index contributed by atoms with van der Waals surface area (Å²) in [6.07, 6.45) is 0.619. The van der Waals surface area contributed by atoms with Gasteiger partial charge in [-0.2, -0.15) is 0 Å². The number of carboxylic acids is 1. The van der Waals surface area contributed by atoms with Crippen LogP contribution in [0, 0.1) is 0 Å². The summed E-state index contributed by atoms with van der Waals surface area (Å²) in [7, 11) is 0.296. The molecule has 2 rings (SSSR count). The Kier molecular flexibility index (Phi) is 7.35. The van der Waals surface area contributed by atoms with Gasteiger partial charge in [-0.25, -0.2) is 9.59 Å². The molecule has 2 aromatic rings. The first-order valence-electron chi connectivity index (χ1n) is 7.98. The van der Waals surface area contributed by atoms with E-state index in [4.69, 9.17) is 9.84 Å². The highest BCUT2D eigenvalue weighted by molar-refractivity contribution is 7.84. The van der Waals surface area contributed by atoms with Crippen molar-refractivity contribution in [3.8, 4) is 5.75 Å². The molecule has 6 nitrogen and oxygen atoms in total. The van der Waals surface area contributed by atoms with Gasteiger partial charge in [-0.05, 0) is 48.4 Å². The fourth-order valence-electron chi connectivity index (χ4n) is 2.22. The van der Waals surface area contributed by atoms with Gasteiger partial charge in [-0.1, -0.05) is 12.1 Å². The number of carboxylic acid groups (broad SMARTS) is 1. The highest BCUT2D eigenvalue weighted by atomic mass is 32.2. The Hall–Kier alpha value is -2.67. The number of hydrogen-bond donors (Lipinski definition) is 1. The first-order valence-corrected chi connectivity index (χ1v) is 9.47. The number of benzene rings is 2. The molecule has 0 aliphatic carbocycles. The lowest BCUT2D eigenvalue weighted by Crippen LogP contribution is -2.07. The molecule has 1 unspecified atom stereocenters. The van der Waals surface area contributed by atoms with E-state index in [2.05, 4.69) is 4.74 Å². The van der Waals surface area contributed by atoms with Gasteiger partial charge in [0.05, 0.1) is 24.8 Å². The van der Waals surface area contributed by atoms with E-state index in [1.807, 2.05) is 0 Å². The van der Waals surface area contributed by atoms with Crippen molar-refractivity contribution in [2.45, 2.75) is 12.2 Å². The Morgan fingerprint density at radius 3 is 2.19 bits per heavy atom. The average Bonchev–Trinajstić information content (AvgIpc) is 2.65. The van der Waals surface area contributed by atoms with Gasteiger partial charge in [0.2, 0.25) is 0 Å². The zero-order valence-electron chi connectivity index (χ0n) is 14.3. The maximum Gasteiger partial charge on any atom is 0.337 e. The smallest absolute Gasteiger partial charge is 0.337 e. The van der Waals surface area contributed by atoms with Crippen LogP contribution >= 0.6 is 0 Å². The lowest BCUT2D eigenvalue weighted by atomic mass is 10.1. The first-order chi connectivity index (χ1) is 12.5. The van der Waals surface area contributed by atoms with Crippen molar-refractivity contribution in [1.82, 2.24) is 0 Å². The van der Waals surface area contributed by atoms with Crippen molar-refractivity contribution in [3.05, 3.63) is 65.2 Å². The summed E-state index contributed by atoms with van der Waals surface area (Å²) in [5, 5.41) is 8.83. The SMILES string of the molecule is COC(=O)c1ccc(CS(=O)CCCOc2ccc(C(=O)O)cc2)cc1. The second-order valence-electron chi connectivity index (χ2n) is 5.51. The van der Waals surface area contributed by atoms with E-state index < -0.39 is 22.7 Å². The molecule has 0 amide bonds. The second kappa shape index (κ2) is 9.72. The van der Waals surface area contributed by atoms with Gasteiger partial charge < -0.3 is 14.6 Å². The van der Waals surface area contributed by atoms with Crippen LogP contribution in [0.2, 0.25) is 0 Å². The minimum Gasteiger partial charge on any atom is -0.494 e. The Bertz CT molecular complexity index is 768. The molecule has 0 fully saturated rings. The quantitative estimate of drug-likeness (QED) is 0.535. The zero-order chi connectivity index (χ0) is 18.9. The number of methoxy groups -OCH3 is 1. The van der Waals surface area contributed by atoms with E-state index >= 15 is 0 Å². The highest BCUT2D eigenvalue weighted by Gasteiger charge is 2.07. The van der Waals surface area contributed by atoms with Gasteiger partial charge in [-0.15, -0.1) is 0 Å². The Labute approximate surface area is 154 Å². The van der Waals surface area contributed by atoms with E-state index in [0.717, 1.165) is 5.56 Å². The van der Waals surface area contributed by atoms with Crippen LogP contribution in [0.5, 0.6) is 5.75 Å². The minimum absolute atomic E-state index is 0.205. The van der Waals surface area contributed by atoms with E-state index in [0.29, 0.717) is 35.8 Å². The van der Waals surface area contributed by atoms with E-state index in [9.17, 15) is 13.8 Å². The standard InChI is InChI=1S/C19H20O6S/c1-24-19(22)16-5-3-14(4-6-16)13-26(23)12-2-11-25-17-9-7-15(8-10-17)18(20)21/h3-10H,2,11-13H2,1H3,(H,20,21). The summed E-state index contributed by atoms with van der Waals surface area (Å²) in [4.78, 5) is 22.1. The number of rotatable bonds is 9. The van der Waals surface area contributed by atoms with Crippen LogP contribution in [-0.2, 0) is 21.3 Å². The largest absolute Gasteiger partial charge is 0.494 e. The Balaban J connectivity index is 1.71. The van der Waals surface area contributed by atoms with Crippen LogP contribution in [0.3, 0.4) is 0 Å². The predicted octanol–water partition coefficient (Wildman–Crippen LogP) is 2.89. The molecule has 2 aromatic carbocycles. The van der Waals surface area contributed by atoms with Crippen LogP contribution in [0.4, 0.5) is 0 Å². The van der Waals surface area contributed by atoms with Gasteiger partial charge in [0.1, 0.15) is 5.75 Å². The molecule has 1 N–H and O–H groups in total. The molecule has 7 heteroatoms. The van der Waals surface area contributed by atoms with Crippen LogP contribution in [0.15, 0.2) is 48.5 Å². The Morgan fingerprint density at radius 2 is 1.62 bits per heavy atom. The molecule has 0 aliphatic heterocycles. The van der Waals surface area contributed by atoms with E-state index in [1.165, 1.54) is 19.2 Å². The first kappa shape index (κ1) is 19.7. The lowest BCUT2D eigenvalue weighted by Gasteiger charge is -2.07. The molecule has 0 bridgehead atoms. The van der Waals surface area contributed by atoms with Gasteiger partial charge in [0, 0.05) is 22.3 Å². The molecular weight excluding hydrogens is 356 g/mol. The van der Waals surface area contributed by atoms with Crippen molar-refractivity contribution in [3.63, 3.8) is 0 Å². The zero-order valence-corrected chi connectivity index (χ0v) is 15.2. The average molecular weight is 376 g/mol. The number of carbonyl (C=O) groups excluding carboxylic acids is 1. The summed E-state index contributed by atoms with van der Waals surface area (Å²) in [5.41, 5.74) is 1.56. The molecule has 0 saturated carbocycles. The van der Waals surface area contributed by atoms with Crippen molar-refractivity contribution >= 4 is 22.7 Å². The van der Waals surface area contributed by atoms with Gasteiger partial charge in [0.25, 0.3) is 0 Å². The molecule has 1 atom stereocenters. The van der Waals surface area contributed by atoms with Crippen molar-refractivity contribution in [2.75, 3.05) is 19.5 Å². The second-order valence-corrected chi connectivity index (χ2v) is 7.08. The maximum atomic E-state index is 12.1. The maximum absolute atomic E-state index is 12.1. The molecule has 0 radical (unpaired) electrons. The normalized spacial score (nSPS) is 11.6. The number of esters is 1. The summed E-state index contributed by atoms with van der Waals surface area (Å²) in [6, 6.07) is 13.0. The monoisotopic (exact) mass is 376 g/mol. The van der Waals surface area contributed by atoms with E-state index in [1.54, 1.807) is 36.4 Å². The van der Waals surface area contributed by atoms with Crippen molar-refractivity contribution in [1.29, 1.82) is 0 Å². The summed E-state index contributed by atoms with van der Waals surface area (Å²) in [6.45, 7) is 0.402. The van der Waals surface area contributed by atoms with Crippen LogP contribution in [0.1, 0.15) is 32.7 Å². The molecule has 26 heavy (non-hydrogen) atoms. The molecule has 0 saturated heterocycles. The van der Waals surface area contributed by atoms with Crippen molar-refractivity contribution in [2.24, 2.45) is 0 Å². The number of aromatic carboxylic acids is 1. The molecule has 138 valence electrons. The lowest BCUT2D eigenvalue weighted by molar-refractivity contribution is 0.0599. The van der Waals surface area contributed by atoms with E-state index in [-0.39, 0.29) is 5.56 Å². The van der Waals surface area contributed by atoms with Gasteiger partial charge in [0.15, 0.2) is 0 Å². The van der Waals surface area contributed by atoms with Crippen LogP contribution in [-0.4, -0.2) is 40.7 Å².